The van der Waals surface area contributed by atoms with Crippen molar-refractivity contribution in [2.45, 2.75) is 18.9 Å². The number of carbonyl (C=O) groups excluding carboxylic acids is 1. The third-order valence-corrected chi connectivity index (χ3v) is 8.28. The Hall–Kier alpha value is -1.97. The third-order valence-electron chi connectivity index (χ3n) is 5.59. The monoisotopic (exact) mass is 435 g/mol. The Morgan fingerprint density at radius 1 is 1.28 bits per heavy atom. The number of aromatic nitrogens is 1. The second-order valence-corrected chi connectivity index (χ2v) is 10.6. The van der Waals surface area contributed by atoms with Crippen LogP contribution in [-0.4, -0.2) is 79.9 Å². The number of ether oxygens (including phenoxy) is 1. The van der Waals surface area contributed by atoms with Crippen LogP contribution in [-0.2, 0) is 21.1 Å². The molecular formula is C20H25N3O4S2. The number of amides is 1. The Balaban J connectivity index is 1.32. The Bertz CT molecular complexity index is 981. The molecule has 1 aromatic carbocycles. The number of hydrogen-bond donors (Lipinski definition) is 0. The SMILES string of the molecule is COc1cccc(-c2nc(CC(=O)N3CCN([C@H]4CCS(=O)(=O)C4)CC3)cs2)c1. The summed E-state index contributed by atoms with van der Waals surface area (Å²) in [5, 5.41) is 2.81. The van der Waals surface area contributed by atoms with Crippen LogP contribution < -0.4 is 4.74 Å². The van der Waals surface area contributed by atoms with Crippen molar-refractivity contribution in [2.24, 2.45) is 0 Å². The summed E-state index contributed by atoms with van der Waals surface area (Å²) in [7, 11) is -1.24. The van der Waals surface area contributed by atoms with Crippen molar-refractivity contribution in [2.75, 3.05) is 44.8 Å². The molecule has 1 atom stereocenters. The molecule has 1 amide bonds. The van der Waals surface area contributed by atoms with Crippen LogP contribution in [0.5, 0.6) is 5.75 Å². The zero-order valence-corrected chi connectivity index (χ0v) is 18.0. The molecule has 3 heterocycles. The molecule has 2 saturated heterocycles. The van der Waals surface area contributed by atoms with Gasteiger partial charge in [0.2, 0.25) is 5.91 Å². The normalized spacial score (nSPS) is 22.0. The zero-order valence-electron chi connectivity index (χ0n) is 16.4. The molecule has 0 radical (unpaired) electrons. The average molecular weight is 436 g/mol. The van der Waals surface area contributed by atoms with Crippen molar-refractivity contribution in [3.63, 3.8) is 0 Å². The van der Waals surface area contributed by atoms with E-state index in [4.69, 9.17) is 4.74 Å². The van der Waals surface area contributed by atoms with Gasteiger partial charge in [0.05, 0.1) is 30.7 Å². The Labute approximate surface area is 175 Å². The van der Waals surface area contributed by atoms with E-state index in [1.165, 1.54) is 11.3 Å². The highest BCUT2D eigenvalue weighted by Crippen LogP contribution is 2.27. The van der Waals surface area contributed by atoms with Crippen molar-refractivity contribution in [1.29, 1.82) is 0 Å². The van der Waals surface area contributed by atoms with Crippen molar-refractivity contribution in [1.82, 2.24) is 14.8 Å². The minimum absolute atomic E-state index is 0.0752. The molecule has 2 aliphatic heterocycles. The van der Waals surface area contributed by atoms with E-state index in [0.717, 1.165) is 35.1 Å². The van der Waals surface area contributed by atoms with Crippen LogP contribution in [0.3, 0.4) is 0 Å². The van der Waals surface area contributed by atoms with E-state index in [-0.39, 0.29) is 29.9 Å². The zero-order chi connectivity index (χ0) is 20.4. The first-order chi connectivity index (χ1) is 13.9. The van der Waals surface area contributed by atoms with Gasteiger partial charge in [0.15, 0.2) is 9.84 Å². The van der Waals surface area contributed by atoms with Crippen LogP contribution in [0.15, 0.2) is 29.6 Å². The largest absolute Gasteiger partial charge is 0.497 e. The van der Waals surface area contributed by atoms with Gasteiger partial charge in [-0.05, 0) is 18.6 Å². The van der Waals surface area contributed by atoms with E-state index in [1.54, 1.807) is 7.11 Å². The van der Waals surface area contributed by atoms with E-state index in [1.807, 2.05) is 34.5 Å². The summed E-state index contributed by atoms with van der Waals surface area (Å²) in [5.74, 6) is 1.40. The van der Waals surface area contributed by atoms with Crippen LogP contribution in [0.4, 0.5) is 0 Å². The molecule has 0 saturated carbocycles. The maximum atomic E-state index is 12.7. The number of hydrogen-bond acceptors (Lipinski definition) is 7. The van der Waals surface area contributed by atoms with Crippen molar-refractivity contribution in [3.05, 3.63) is 35.3 Å². The average Bonchev–Trinajstić information content (AvgIpc) is 3.34. The van der Waals surface area contributed by atoms with Crippen molar-refractivity contribution < 1.29 is 17.9 Å². The minimum Gasteiger partial charge on any atom is -0.497 e. The second kappa shape index (κ2) is 8.41. The molecule has 1 aromatic heterocycles. The molecule has 0 spiro atoms. The molecule has 0 aliphatic carbocycles. The molecule has 2 fully saturated rings. The van der Waals surface area contributed by atoms with Gasteiger partial charge >= 0.3 is 0 Å². The first kappa shape index (κ1) is 20.3. The summed E-state index contributed by atoms with van der Waals surface area (Å²) < 4.78 is 28.7. The predicted molar refractivity (Wildman–Crippen MR) is 113 cm³/mol. The van der Waals surface area contributed by atoms with Crippen molar-refractivity contribution >= 4 is 27.1 Å². The summed E-state index contributed by atoms with van der Waals surface area (Å²) in [6.07, 6.45) is 1.00. The Morgan fingerprint density at radius 3 is 2.76 bits per heavy atom. The molecule has 9 heteroatoms. The lowest BCUT2D eigenvalue weighted by Gasteiger charge is -2.37. The molecule has 0 bridgehead atoms. The molecule has 0 N–H and O–H groups in total. The fourth-order valence-electron chi connectivity index (χ4n) is 3.94. The number of piperazine rings is 1. The first-order valence-electron chi connectivity index (χ1n) is 9.74. The molecule has 2 aliphatic rings. The second-order valence-electron chi connectivity index (χ2n) is 7.53. The van der Waals surface area contributed by atoms with E-state index < -0.39 is 9.84 Å². The topological polar surface area (TPSA) is 79.8 Å². The predicted octanol–water partition coefficient (Wildman–Crippen LogP) is 1.69. The van der Waals surface area contributed by atoms with Crippen molar-refractivity contribution in [3.8, 4) is 16.3 Å². The molecule has 29 heavy (non-hydrogen) atoms. The highest BCUT2D eigenvalue weighted by molar-refractivity contribution is 7.91. The summed E-state index contributed by atoms with van der Waals surface area (Å²) >= 11 is 1.52. The summed E-state index contributed by atoms with van der Waals surface area (Å²) in [4.78, 5) is 21.4. The van der Waals surface area contributed by atoms with Gasteiger partial charge in [-0.15, -0.1) is 11.3 Å². The lowest BCUT2D eigenvalue weighted by Crippen LogP contribution is -2.52. The standard InChI is InChI=1S/C20H25N3O4S2/c1-27-18-4-2-3-15(11-18)20-21-16(13-28-20)12-19(24)23-8-6-22(7-9-23)17-5-10-29(25,26)14-17/h2-4,11,13,17H,5-10,12,14H2,1H3/t17-/m0/s1. The number of sulfone groups is 1. The van der Waals surface area contributed by atoms with E-state index in [0.29, 0.717) is 19.5 Å². The summed E-state index contributed by atoms with van der Waals surface area (Å²) in [6.45, 7) is 2.75. The lowest BCUT2D eigenvalue weighted by atomic mass is 10.2. The maximum Gasteiger partial charge on any atom is 0.228 e. The summed E-state index contributed by atoms with van der Waals surface area (Å²) in [5.41, 5.74) is 1.76. The molecule has 4 rings (SSSR count). The van der Waals surface area contributed by atoms with E-state index in [9.17, 15) is 13.2 Å². The number of benzene rings is 1. The van der Waals surface area contributed by atoms with Crippen LogP contribution in [0.25, 0.3) is 10.6 Å². The fraction of sp³-hybridized carbons (Fsp3) is 0.500. The molecule has 156 valence electrons. The van der Waals surface area contributed by atoms with Crippen LogP contribution in [0.1, 0.15) is 12.1 Å². The van der Waals surface area contributed by atoms with E-state index >= 15 is 0 Å². The lowest BCUT2D eigenvalue weighted by molar-refractivity contribution is -0.132. The number of carbonyl (C=O) groups is 1. The Morgan fingerprint density at radius 2 is 2.07 bits per heavy atom. The minimum atomic E-state index is -2.88. The summed E-state index contributed by atoms with van der Waals surface area (Å²) in [6, 6.07) is 7.85. The number of thiazole rings is 1. The third kappa shape index (κ3) is 4.79. The highest BCUT2D eigenvalue weighted by Gasteiger charge is 2.34. The van der Waals surface area contributed by atoms with E-state index in [2.05, 4.69) is 9.88 Å². The first-order valence-corrected chi connectivity index (χ1v) is 12.4. The molecule has 0 unspecified atom stereocenters. The van der Waals surface area contributed by atoms with Gasteiger partial charge in [0.25, 0.3) is 0 Å². The van der Waals surface area contributed by atoms with Gasteiger partial charge in [-0.25, -0.2) is 13.4 Å². The van der Waals surface area contributed by atoms with Gasteiger partial charge in [-0.2, -0.15) is 0 Å². The van der Waals surface area contributed by atoms with Gasteiger partial charge in [-0.3, -0.25) is 9.69 Å². The van der Waals surface area contributed by atoms with Crippen LogP contribution in [0, 0.1) is 0 Å². The fourth-order valence-corrected chi connectivity index (χ4v) is 6.52. The van der Waals surface area contributed by atoms with Crippen LogP contribution >= 0.6 is 11.3 Å². The highest BCUT2D eigenvalue weighted by atomic mass is 32.2. The van der Waals surface area contributed by atoms with Gasteiger partial charge < -0.3 is 9.64 Å². The molecule has 7 nitrogen and oxygen atoms in total. The molecule has 2 aromatic rings. The maximum absolute atomic E-state index is 12.7. The quantitative estimate of drug-likeness (QED) is 0.711. The molecular weight excluding hydrogens is 410 g/mol. The number of nitrogens with zero attached hydrogens (tertiary/aromatic N) is 3. The van der Waals surface area contributed by atoms with Gasteiger partial charge in [0.1, 0.15) is 10.8 Å². The van der Waals surface area contributed by atoms with Crippen LogP contribution in [0.2, 0.25) is 0 Å². The Kier molecular flexibility index (Phi) is 5.89. The smallest absolute Gasteiger partial charge is 0.228 e. The van der Waals surface area contributed by atoms with Gasteiger partial charge in [-0.1, -0.05) is 12.1 Å². The number of methoxy groups -OCH3 is 1. The van der Waals surface area contributed by atoms with Gasteiger partial charge in [0, 0.05) is 43.2 Å². The number of rotatable bonds is 5.